The van der Waals surface area contributed by atoms with Crippen LogP contribution in [0.25, 0.3) is 10.9 Å². The molecule has 0 amide bonds. The van der Waals surface area contributed by atoms with Gasteiger partial charge in [-0.25, -0.2) is 9.18 Å². The number of halogens is 2. The second kappa shape index (κ2) is 4.99. The third-order valence-corrected chi connectivity index (χ3v) is 4.96. The number of nitrogens with two attached hydrogens (primary N) is 1. The first-order chi connectivity index (χ1) is 11.0. The van der Waals surface area contributed by atoms with Crippen LogP contribution in [-0.4, -0.2) is 22.3 Å². The van der Waals surface area contributed by atoms with Crippen LogP contribution < -0.4 is 22.0 Å². The quantitative estimate of drug-likeness (QED) is 0.844. The van der Waals surface area contributed by atoms with Gasteiger partial charge < -0.3 is 10.7 Å². The molecule has 8 heteroatoms. The predicted molar refractivity (Wildman–Crippen MR) is 87.3 cm³/mol. The maximum Gasteiger partial charge on any atom is 0.350 e. The van der Waals surface area contributed by atoms with Gasteiger partial charge in [-0.05, 0) is 31.7 Å². The first kappa shape index (κ1) is 14.6. The summed E-state index contributed by atoms with van der Waals surface area (Å²) in [6.07, 6.45) is 3.57. The number of hydrogen-bond donors (Lipinski definition) is 1. The molecule has 2 fully saturated rings. The average molecular weight is 339 g/mol. The molecule has 0 bridgehead atoms. The van der Waals surface area contributed by atoms with Gasteiger partial charge in [0.25, 0.3) is 5.56 Å². The fourth-order valence-electron chi connectivity index (χ4n) is 3.33. The molecule has 2 aliphatic rings. The Morgan fingerprint density at radius 3 is 2.48 bits per heavy atom. The summed E-state index contributed by atoms with van der Waals surface area (Å²) in [5.74, 6) is 5.02. The molecule has 122 valence electrons. The molecule has 1 aliphatic heterocycles. The van der Waals surface area contributed by atoms with Gasteiger partial charge in [-0.3, -0.25) is 9.36 Å². The standard InChI is InChI=1S/C15H16ClFN4O2/c16-11-12-9(7-10(17)13(11)19-5-1-2-6-19)14(22)21(18)15(23)20(12)8-3-4-8/h7-8H,1-6,18H2. The van der Waals surface area contributed by atoms with E-state index in [1.54, 1.807) is 0 Å². The molecule has 1 saturated heterocycles. The molecule has 0 atom stereocenters. The van der Waals surface area contributed by atoms with Crippen LogP contribution in [0.5, 0.6) is 0 Å². The van der Waals surface area contributed by atoms with Crippen molar-refractivity contribution in [1.82, 2.24) is 9.24 Å². The molecule has 0 unspecified atom stereocenters. The lowest BCUT2D eigenvalue weighted by Crippen LogP contribution is -2.44. The van der Waals surface area contributed by atoms with Crippen molar-refractivity contribution in [2.75, 3.05) is 23.8 Å². The lowest BCUT2D eigenvalue weighted by Gasteiger charge is -2.22. The molecule has 0 spiro atoms. The Morgan fingerprint density at radius 2 is 1.87 bits per heavy atom. The van der Waals surface area contributed by atoms with Crippen molar-refractivity contribution in [2.24, 2.45) is 0 Å². The Labute approximate surface area is 135 Å². The molecule has 2 N–H and O–H groups in total. The van der Waals surface area contributed by atoms with Crippen molar-refractivity contribution in [2.45, 2.75) is 31.7 Å². The third-order valence-electron chi connectivity index (χ3n) is 4.60. The fraction of sp³-hybridized carbons (Fsp3) is 0.467. The number of fused-ring (bicyclic) bond motifs is 1. The van der Waals surface area contributed by atoms with Gasteiger partial charge in [-0.2, -0.15) is 4.68 Å². The van der Waals surface area contributed by atoms with E-state index < -0.39 is 17.1 Å². The van der Waals surface area contributed by atoms with Crippen LogP contribution >= 0.6 is 11.6 Å². The summed E-state index contributed by atoms with van der Waals surface area (Å²) < 4.78 is 16.6. The van der Waals surface area contributed by atoms with Gasteiger partial charge in [-0.15, -0.1) is 0 Å². The summed E-state index contributed by atoms with van der Waals surface area (Å²) in [5.41, 5.74) is -0.754. The highest BCUT2D eigenvalue weighted by molar-refractivity contribution is 6.38. The van der Waals surface area contributed by atoms with Crippen molar-refractivity contribution in [1.29, 1.82) is 0 Å². The van der Waals surface area contributed by atoms with Crippen LogP contribution in [0.4, 0.5) is 10.1 Å². The van der Waals surface area contributed by atoms with Gasteiger partial charge in [0.05, 0.1) is 21.6 Å². The molecule has 2 heterocycles. The third kappa shape index (κ3) is 2.06. The highest BCUT2D eigenvalue weighted by atomic mass is 35.5. The lowest BCUT2D eigenvalue weighted by molar-refractivity contribution is 0.621. The van der Waals surface area contributed by atoms with E-state index >= 15 is 0 Å². The van der Waals surface area contributed by atoms with Crippen molar-refractivity contribution < 1.29 is 4.39 Å². The molecule has 1 aromatic heterocycles. The minimum Gasteiger partial charge on any atom is -0.368 e. The first-order valence-corrected chi connectivity index (χ1v) is 8.07. The fourth-order valence-corrected chi connectivity index (χ4v) is 3.73. The molecule has 1 saturated carbocycles. The molecule has 1 aliphatic carbocycles. The monoisotopic (exact) mass is 338 g/mol. The van der Waals surface area contributed by atoms with Crippen LogP contribution in [0.3, 0.4) is 0 Å². The molecule has 0 radical (unpaired) electrons. The summed E-state index contributed by atoms with van der Waals surface area (Å²) in [4.78, 5) is 26.5. The predicted octanol–water partition coefficient (Wildman–Crippen LogP) is 1.60. The Hall–Kier alpha value is -2.02. The molecule has 23 heavy (non-hydrogen) atoms. The van der Waals surface area contributed by atoms with Gasteiger partial charge in [0.15, 0.2) is 0 Å². The molecule has 6 nitrogen and oxygen atoms in total. The zero-order valence-corrected chi connectivity index (χ0v) is 13.1. The maximum absolute atomic E-state index is 14.6. The minimum absolute atomic E-state index is 0.0326. The highest BCUT2D eigenvalue weighted by Gasteiger charge is 2.31. The number of rotatable bonds is 2. The zero-order valence-electron chi connectivity index (χ0n) is 12.4. The van der Waals surface area contributed by atoms with E-state index in [4.69, 9.17) is 17.4 Å². The van der Waals surface area contributed by atoms with E-state index in [-0.39, 0.29) is 22.1 Å². The summed E-state index contributed by atoms with van der Waals surface area (Å²) >= 11 is 6.47. The van der Waals surface area contributed by atoms with Gasteiger partial charge in [-0.1, -0.05) is 11.6 Å². The topological polar surface area (TPSA) is 73.3 Å². The van der Waals surface area contributed by atoms with Gasteiger partial charge in [0, 0.05) is 19.1 Å². The average Bonchev–Trinajstić information content (AvgIpc) is 3.21. The summed E-state index contributed by atoms with van der Waals surface area (Å²) in [6, 6.07) is 1.12. The number of aromatic nitrogens is 2. The Bertz CT molecular complexity index is 926. The van der Waals surface area contributed by atoms with Gasteiger partial charge >= 0.3 is 5.69 Å². The Kier molecular flexibility index (Phi) is 3.16. The maximum atomic E-state index is 14.6. The molecule has 2 aromatic rings. The smallest absolute Gasteiger partial charge is 0.350 e. The Balaban J connectivity index is 2.13. The lowest BCUT2D eigenvalue weighted by atomic mass is 10.2. The summed E-state index contributed by atoms with van der Waals surface area (Å²) in [6.45, 7) is 1.42. The van der Waals surface area contributed by atoms with Crippen molar-refractivity contribution in [3.63, 3.8) is 0 Å². The Morgan fingerprint density at radius 1 is 1.22 bits per heavy atom. The van der Waals surface area contributed by atoms with Crippen molar-refractivity contribution >= 4 is 28.2 Å². The SMILES string of the molecule is Nn1c(=O)c2cc(F)c(N3CCCC3)c(Cl)c2n(C2CC2)c1=O. The number of anilines is 1. The van der Waals surface area contributed by atoms with Gasteiger partial charge in [0.1, 0.15) is 5.82 Å². The molecule has 1 aromatic carbocycles. The summed E-state index contributed by atoms with van der Waals surface area (Å²) in [5, 5.41) is 0.174. The minimum atomic E-state index is -0.726. The number of nitrogens with zero attached hydrogens (tertiary/aromatic N) is 3. The van der Waals surface area contributed by atoms with Crippen LogP contribution in [0.2, 0.25) is 5.02 Å². The van der Waals surface area contributed by atoms with Crippen molar-refractivity contribution in [3.05, 3.63) is 37.7 Å². The van der Waals surface area contributed by atoms with Crippen LogP contribution in [0.15, 0.2) is 15.7 Å². The second-order valence-corrected chi connectivity index (χ2v) is 6.55. The van der Waals surface area contributed by atoms with Crippen LogP contribution in [0.1, 0.15) is 31.7 Å². The van der Waals surface area contributed by atoms with E-state index in [1.807, 2.05) is 4.90 Å². The number of benzene rings is 1. The largest absolute Gasteiger partial charge is 0.368 e. The second-order valence-electron chi connectivity index (χ2n) is 6.17. The molecular formula is C15H16ClFN4O2. The normalized spacial score (nSPS) is 18.1. The van der Waals surface area contributed by atoms with E-state index in [0.717, 1.165) is 31.7 Å². The molecule has 4 rings (SSSR count). The number of hydrogen-bond acceptors (Lipinski definition) is 4. The van der Waals surface area contributed by atoms with E-state index in [1.165, 1.54) is 4.57 Å². The van der Waals surface area contributed by atoms with E-state index in [9.17, 15) is 14.0 Å². The van der Waals surface area contributed by atoms with Crippen LogP contribution in [0, 0.1) is 5.82 Å². The van der Waals surface area contributed by atoms with Crippen LogP contribution in [-0.2, 0) is 0 Å². The van der Waals surface area contributed by atoms with E-state index in [2.05, 4.69) is 0 Å². The van der Waals surface area contributed by atoms with Gasteiger partial charge in [0.2, 0.25) is 0 Å². The molecular weight excluding hydrogens is 323 g/mol. The van der Waals surface area contributed by atoms with E-state index in [0.29, 0.717) is 23.3 Å². The highest BCUT2D eigenvalue weighted by Crippen LogP contribution is 2.41. The number of nitrogen functional groups attached to an aromatic ring is 1. The first-order valence-electron chi connectivity index (χ1n) is 7.70. The summed E-state index contributed by atoms with van der Waals surface area (Å²) in [7, 11) is 0. The zero-order chi connectivity index (χ0) is 16.3. The van der Waals surface area contributed by atoms with Crippen molar-refractivity contribution in [3.8, 4) is 0 Å².